The summed E-state index contributed by atoms with van der Waals surface area (Å²) < 4.78 is 41.9. The first-order chi connectivity index (χ1) is 9.69. The molecule has 0 spiro atoms. The first-order valence-corrected chi connectivity index (χ1v) is 6.00. The van der Waals surface area contributed by atoms with Gasteiger partial charge in [-0.3, -0.25) is 9.59 Å². The number of carboxylic acid groups (broad SMARTS) is 1. The molecule has 0 saturated carbocycles. The molecule has 0 aliphatic heterocycles. The number of rotatable bonds is 6. The van der Waals surface area contributed by atoms with E-state index in [4.69, 9.17) is 21.4 Å². The molecule has 1 aromatic carbocycles. The maximum absolute atomic E-state index is 12.3. The van der Waals surface area contributed by atoms with Crippen molar-refractivity contribution in [3.8, 4) is 5.75 Å². The molecule has 1 amide bonds. The summed E-state index contributed by atoms with van der Waals surface area (Å²) in [5, 5.41) is 8.72. The zero-order valence-electron chi connectivity index (χ0n) is 10.6. The molecule has 0 unspecified atom stereocenters. The second kappa shape index (κ2) is 7.16. The van der Waals surface area contributed by atoms with E-state index in [9.17, 15) is 22.8 Å². The molecule has 0 aliphatic rings. The Bertz CT molecular complexity index is 521. The van der Waals surface area contributed by atoms with Gasteiger partial charge in [-0.05, 0) is 12.1 Å². The number of hydrogen-bond donors (Lipinski definition) is 1. The van der Waals surface area contributed by atoms with Crippen LogP contribution in [0.2, 0.25) is 5.02 Å². The second-order valence-electron chi connectivity index (χ2n) is 3.98. The van der Waals surface area contributed by atoms with Gasteiger partial charge in [0.1, 0.15) is 18.8 Å². The summed E-state index contributed by atoms with van der Waals surface area (Å²) in [5.74, 6) is -2.53. The minimum atomic E-state index is -4.70. The molecule has 0 bridgehead atoms. The van der Waals surface area contributed by atoms with Crippen molar-refractivity contribution in [1.29, 1.82) is 0 Å². The number of carbonyl (C=O) groups is 2. The summed E-state index contributed by atoms with van der Waals surface area (Å²) in [7, 11) is 0. The van der Waals surface area contributed by atoms with Gasteiger partial charge in [-0.1, -0.05) is 23.7 Å². The molecule has 1 aromatic rings. The molecule has 0 heterocycles. The van der Waals surface area contributed by atoms with Crippen LogP contribution in [0.1, 0.15) is 0 Å². The van der Waals surface area contributed by atoms with Gasteiger partial charge >= 0.3 is 12.1 Å². The van der Waals surface area contributed by atoms with Gasteiger partial charge in [0.25, 0.3) is 5.91 Å². The molecule has 1 N–H and O–H groups in total. The number of alkyl halides is 3. The molecule has 0 fully saturated rings. The Morgan fingerprint density at radius 1 is 1.29 bits per heavy atom. The smallest absolute Gasteiger partial charge is 0.406 e. The fraction of sp³-hybridized carbons (Fsp3) is 0.333. The van der Waals surface area contributed by atoms with E-state index in [1.807, 2.05) is 0 Å². The Hall–Kier alpha value is -1.96. The molecular formula is C12H11ClF3NO4. The van der Waals surface area contributed by atoms with Crippen LogP contribution in [0.15, 0.2) is 24.3 Å². The summed E-state index contributed by atoms with van der Waals surface area (Å²) in [5.41, 5.74) is 0. The Morgan fingerprint density at radius 2 is 1.90 bits per heavy atom. The number of nitrogens with zero attached hydrogens (tertiary/aromatic N) is 1. The monoisotopic (exact) mass is 325 g/mol. The number of ether oxygens (including phenoxy) is 1. The third-order valence-electron chi connectivity index (χ3n) is 2.24. The largest absolute Gasteiger partial charge is 0.482 e. The molecule has 0 atom stereocenters. The van der Waals surface area contributed by atoms with E-state index in [-0.39, 0.29) is 15.7 Å². The number of aliphatic carboxylic acids is 1. The normalized spacial score (nSPS) is 11.0. The van der Waals surface area contributed by atoms with E-state index in [2.05, 4.69) is 0 Å². The SMILES string of the molecule is O=C(O)CN(CC(F)(F)F)C(=O)COc1ccccc1Cl. The van der Waals surface area contributed by atoms with Crippen LogP contribution in [0.25, 0.3) is 0 Å². The van der Waals surface area contributed by atoms with Gasteiger partial charge in [0.05, 0.1) is 5.02 Å². The van der Waals surface area contributed by atoms with Gasteiger partial charge in [0, 0.05) is 0 Å². The summed E-state index contributed by atoms with van der Waals surface area (Å²) >= 11 is 5.75. The van der Waals surface area contributed by atoms with Crippen molar-refractivity contribution in [3.05, 3.63) is 29.3 Å². The molecule has 1 rings (SSSR count). The van der Waals surface area contributed by atoms with Crippen molar-refractivity contribution in [3.63, 3.8) is 0 Å². The number of para-hydroxylation sites is 1. The molecule has 0 saturated heterocycles. The molecule has 5 nitrogen and oxygen atoms in total. The fourth-order valence-electron chi connectivity index (χ4n) is 1.40. The van der Waals surface area contributed by atoms with E-state index < -0.39 is 37.7 Å². The lowest BCUT2D eigenvalue weighted by molar-refractivity contribution is -0.166. The van der Waals surface area contributed by atoms with E-state index in [1.54, 1.807) is 12.1 Å². The molecule has 116 valence electrons. The standard InChI is InChI=1S/C12H11ClF3NO4/c13-8-3-1-2-4-9(8)21-6-10(18)17(5-11(19)20)7-12(14,15)16/h1-4H,5-7H2,(H,19,20). The van der Waals surface area contributed by atoms with Crippen LogP contribution in [-0.4, -0.2) is 47.8 Å². The van der Waals surface area contributed by atoms with Crippen LogP contribution >= 0.6 is 11.6 Å². The van der Waals surface area contributed by atoms with Gasteiger partial charge < -0.3 is 14.7 Å². The maximum atomic E-state index is 12.3. The van der Waals surface area contributed by atoms with Gasteiger partial charge in [0.2, 0.25) is 0 Å². The zero-order chi connectivity index (χ0) is 16.0. The zero-order valence-corrected chi connectivity index (χ0v) is 11.3. The number of benzene rings is 1. The van der Waals surface area contributed by atoms with E-state index in [0.29, 0.717) is 0 Å². The summed E-state index contributed by atoms with van der Waals surface area (Å²) in [6.07, 6.45) is -4.70. The predicted octanol–water partition coefficient (Wildman–Crippen LogP) is 2.19. The molecule has 21 heavy (non-hydrogen) atoms. The van der Waals surface area contributed by atoms with Crippen LogP contribution in [0.3, 0.4) is 0 Å². The van der Waals surface area contributed by atoms with E-state index >= 15 is 0 Å². The minimum absolute atomic E-state index is 0.120. The number of halogens is 4. The first-order valence-electron chi connectivity index (χ1n) is 5.62. The third kappa shape index (κ3) is 6.35. The van der Waals surface area contributed by atoms with Gasteiger partial charge in [-0.2, -0.15) is 13.2 Å². The highest BCUT2D eigenvalue weighted by atomic mass is 35.5. The van der Waals surface area contributed by atoms with Crippen molar-refractivity contribution in [2.45, 2.75) is 6.18 Å². The van der Waals surface area contributed by atoms with Crippen molar-refractivity contribution in [2.75, 3.05) is 19.7 Å². The van der Waals surface area contributed by atoms with Gasteiger partial charge in [0.15, 0.2) is 6.61 Å². The average Bonchev–Trinajstić information content (AvgIpc) is 2.34. The van der Waals surface area contributed by atoms with E-state index in [0.717, 1.165) is 0 Å². The van der Waals surface area contributed by atoms with Crippen LogP contribution < -0.4 is 4.74 Å². The van der Waals surface area contributed by atoms with Crippen molar-refractivity contribution in [2.24, 2.45) is 0 Å². The van der Waals surface area contributed by atoms with Crippen molar-refractivity contribution >= 4 is 23.5 Å². The predicted molar refractivity (Wildman–Crippen MR) is 67.2 cm³/mol. The highest BCUT2D eigenvalue weighted by Crippen LogP contribution is 2.23. The van der Waals surface area contributed by atoms with Crippen LogP contribution in [0.4, 0.5) is 13.2 Å². The molecule has 0 aliphatic carbocycles. The minimum Gasteiger partial charge on any atom is -0.482 e. The summed E-state index contributed by atoms with van der Waals surface area (Å²) in [6, 6.07) is 6.08. The quantitative estimate of drug-likeness (QED) is 0.870. The molecule has 0 radical (unpaired) electrons. The molecular weight excluding hydrogens is 315 g/mol. The van der Waals surface area contributed by atoms with Gasteiger partial charge in [-0.25, -0.2) is 0 Å². The van der Waals surface area contributed by atoms with Crippen LogP contribution in [0.5, 0.6) is 5.75 Å². The lowest BCUT2D eigenvalue weighted by Crippen LogP contribution is -2.44. The van der Waals surface area contributed by atoms with Crippen LogP contribution in [-0.2, 0) is 9.59 Å². The lowest BCUT2D eigenvalue weighted by Gasteiger charge is -2.22. The van der Waals surface area contributed by atoms with Crippen molar-refractivity contribution < 1.29 is 32.6 Å². The second-order valence-corrected chi connectivity index (χ2v) is 4.39. The number of carboxylic acids is 1. The lowest BCUT2D eigenvalue weighted by atomic mass is 10.3. The molecule has 9 heteroatoms. The Balaban J connectivity index is 2.68. The van der Waals surface area contributed by atoms with Crippen LogP contribution in [0, 0.1) is 0 Å². The highest BCUT2D eigenvalue weighted by molar-refractivity contribution is 6.32. The Morgan fingerprint density at radius 3 is 2.43 bits per heavy atom. The number of carbonyl (C=O) groups excluding carboxylic acids is 1. The summed E-state index contributed by atoms with van der Waals surface area (Å²) in [4.78, 5) is 22.3. The maximum Gasteiger partial charge on any atom is 0.406 e. The highest BCUT2D eigenvalue weighted by Gasteiger charge is 2.34. The Kier molecular flexibility index (Phi) is 5.83. The van der Waals surface area contributed by atoms with Crippen molar-refractivity contribution in [1.82, 2.24) is 4.90 Å². The average molecular weight is 326 g/mol. The third-order valence-corrected chi connectivity index (χ3v) is 2.55. The summed E-state index contributed by atoms with van der Waals surface area (Å²) in [6.45, 7) is -3.47. The first kappa shape index (κ1) is 17.1. The van der Waals surface area contributed by atoms with E-state index in [1.165, 1.54) is 12.1 Å². The molecule has 0 aromatic heterocycles. The number of amides is 1. The number of hydrogen-bond acceptors (Lipinski definition) is 3. The van der Waals surface area contributed by atoms with Gasteiger partial charge in [-0.15, -0.1) is 0 Å². The topological polar surface area (TPSA) is 66.8 Å². The Labute approximate surface area is 122 Å². The fourth-order valence-corrected chi connectivity index (χ4v) is 1.59.